The predicted octanol–water partition coefficient (Wildman–Crippen LogP) is 1.56. The second kappa shape index (κ2) is 8.68. The Morgan fingerprint density at radius 2 is 1.97 bits per heavy atom. The fourth-order valence-electron chi connectivity index (χ4n) is 3.43. The number of piperidine rings is 1. The van der Waals surface area contributed by atoms with Gasteiger partial charge in [-0.15, -0.1) is 0 Å². The van der Waals surface area contributed by atoms with E-state index < -0.39 is 17.7 Å². The number of hydrogen-bond donors (Lipinski definition) is 3. The van der Waals surface area contributed by atoms with E-state index in [4.69, 9.17) is 5.73 Å². The smallest absolute Gasteiger partial charge is 0.313 e. The van der Waals surface area contributed by atoms with Crippen LogP contribution in [-0.2, 0) is 9.59 Å². The van der Waals surface area contributed by atoms with E-state index in [0.29, 0.717) is 6.54 Å². The zero-order valence-corrected chi connectivity index (χ0v) is 16.4. The van der Waals surface area contributed by atoms with E-state index in [2.05, 4.69) is 27.5 Å². The Kier molecular flexibility index (Phi) is 6.06. The van der Waals surface area contributed by atoms with Crippen LogP contribution in [0.4, 0.5) is 11.5 Å². The number of rotatable bonds is 4. The fraction of sp³-hybridized carbons (Fsp3) is 0.350. The summed E-state index contributed by atoms with van der Waals surface area (Å²) in [7, 11) is 1.78. The number of hydrogen-bond acceptors (Lipinski definition) is 6. The van der Waals surface area contributed by atoms with Crippen molar-refractivity contribution in [1.29, 1.82) is 0 Å². The molecule has 152 valence electrons. The van der Waals surface area contributed by atoms with Gasteiger partial charge in [0.15, 0.2) is 0 Å². The summed E-state index contributed by atoms with van der Waals surface area (Å²) >= 11 is 0. The highest BCUT2D eigenvalue weighted by atomic mass is 16.2. The van der Waals surface area contributed by atoms with Crippen molar-refractivity contribution in [1.82, 2.24) is 14.9 Å². The van der Waals surface area contributed by atoms with E-state index in [9.17, 15) is 14.4 Å². The lowest BCUT2D eigenvalue weighted by Crippen LogP contribution is -2.46. The van der Waals surface area contributed by atoms with Gasteiger partial charge in [0.1, 0.15) is 5.82 Å². The maximum absolute atomic E-state index is 12.9. The molecule has 0 saturated carbocycles. The third kappa shape index (κ3) is 4.68. The molecule has 9 nitrogen and oxygen atoms in total. The van der Waals surface area contributed by atoms with Gasteiger partial charge in [-0.1, -0.05) is 13.0 Å². The van der Waals surface area contributed by atoms with Crippen LogP contribution in [0.25, 0.3) is 0 Å². The first-order valence-corrected chi connectivity index (χ1v) is 9.39. The molecule has 9 heteroatoms. The van der Waals surface area contributed by atoms with E-state index >= 15 is 0 Å². The maximum atomic E-state index is 12.9. The molecular formula is C20H24N6O3. The summed E-state index contributed by atoms with van der Waals surface area (Å²) in [5, 5.41) is 5.47. The molecule has 1 saturated heterocycles. The number of nitrogens with zero attached hydrogens (tertiary/aromatic N) is 3. The quantitative estimate of drug-likeness (QED) is 0.672. The normalized spacial score (nSPS) is 18.8. The van der Waals surface area contributed by atoms with Crippen molar-refractivity contribution in [3.05, 3.63) is 47.9 Å². The van der Waals surface area contributed by atoms with Gasteiger partial charge in [-0.25, -0.2) is 4.98 Å². The first-order chi connectivity index (χ1) is 13.9. The van der Waals surface area contributed by atoms with Crippen LogP contribution in [0, 0.1) is 5.92 Å². The zero-order chi connectivity index (χ0) is 21.0. The minimum Gasteiger partial charge on any atom is -0.373 e. The molecule has 3 rings (SSSR count). The van der Waals surface area contributed by atoms with Crippen LogP contribution < -0.4 is 16.4 Å². The van der Waals surface area contributed by atoms with Gasteiger partial charge in [0.25, 0.3) is 0 Å². The summed E-state index contributed by atoms with van der Waals surface area (Å²) in [6.45, 7) is 2.53. The number of amides is 3. The number of anilines is 2. The number of primary amides is 1. The molecule has 29 heavy (non-hydrogen) atoms. The summed E-state index contributed by atoms with van der Waals surface area (Å²) in [4.78, 5) is 46.6. The average molecular weight is 396 g/mol. The minimum atomic E-state index is -0.785. The van der Waals surface area contributed by atoms with Crippen LogP contribution in [0.2, 0.25) is 0 Å². The monoisotopic (exact) mass is 396 g/mol. The van der Waals surface area contributed by atoms with Crippen molar-refractivity contribution in [3.8, 4) is 0 Å². The molecule has 0 unspecified atom stereocenters. The van der Waals surface area contributed by atoms with Crippen LogP contribution >= 0.6 is 0 Å². The van der Waals surface area contributed by atoms with Gasteiger partial charge >= 0.3 is 11.8 Å². The third-order valence-electron chi connectivity index (χ3n) is 4.98. The zero-order valence-electron chi connectivity index (χ0n) is 16.4. The Labute approximate surface area is 168 Å². The molecule has 4 N–H and O–H groups in total. The number of carbonyl (C=O) groups excluding carboxylic acids is 3. The van der Waals surface area contributed by atoms with Gasteiger partial charge in [-0.3, -0.25) is 19.4 Å². The largest absolute Gasteiger partial charge is 0.373 e. The lowest BCUT2D eigenvalue weighted by Gasteiger charge is -2.38. The van der Waals surface area contributed by atoms with Crippen LogP contribution in [-0.4, -0.2) is 46.2 Å². The first-order valence-electron chi connectivity index (χ1n) is 9.39. The second-order valence-electron chi connectivity index (χ2n) is 7.16. The molecule has 0 aliphatic carbocycles. The van der Waals surface area contributed by atoms with Crippen molar-refractivity contribution in [2.24, 2.45) is 11.7 Å². The van der Waals surface area contributed by atoms with Crippen molar-refractivity contribution in [2.75, 3.05) is 24.2 Å². The highest BCUT2D eigenvalue weighted by molar-refractivity contribution is 6.39. The topological polar surface area (TPSA) is 130 Å². The number of likely N-dealkylation sites (tertiary alicyclic amines) is 1. The van der Waals surface area contributed by atoms with E-state index in [0.717, 1.165) is 24.2 Å². The number of pyridine rings is 2. The van der Waals surface area contributed by atoms with E-state index in [1.165, 1.54) is 18.5 Å². The number of nitrogens with one attached hydrogen (secondary N) is 2. The molecule has 0 radical (unpaired) electrons. The Morgan fingerprint density at radius 3 is 2.62 bits per heavy atom. The van der Waals surface area contributed by atoms with E-state index in [1.54, 1.807) is 18.1 Å². The van der Waals surface area contributed by atoms with Crippen molar-refractivity contribution >= 4 is 29.2 Å². The number of nitrogens with two attached hydrogens (primary N) is 1. The standard InChI is InChI=1S/C20H24N6O3/c1-12-3-5-16(13-4-6-17(22-2)24-9-13)26(11-12)20(29)19(28)25-15-7-14(18(21)27)8-23-10-15/h4,6-10,12,16H,3,5,11H2,1-2H3,(H2,21,27)(H,22,24)(H,25,28)/t12-,16+/m0/s1. The van der Waals surface area contributed by atoms with Gasteiger partial charge in [0.05, 0.1) is 23.5 Å². The maximum Gasteiger partial charge on any atom is 0.313 e. The predicted molar refractivity (Wildman–Crippen MR) is 108 cm³/mol. The van der Waals surface area contributed by atoms with E-state index in [-0.39, 0.29) is 23.2 Å². The molecule has 2 aromatic rings. The molecule has 3 amide bonds. The van der Waals surface area contributed by atoms with Gasteiger partial charge in [-0.2, -0.15) is 0 Å². The SMILES string of the molecule is CNc1ccc([C@H]2CC[C@H](C)CN2C(=O)C(=O)Nc2cncc(C(N)=O)c2)cn1. The minimum absolute atomic E-state index is 0.149. The van der Waals surface area contributed by atoms with Gasteiger partial charge < -0.3 is 21.3 Å². The Morgan fingerprint density at radius 1 is 1.17 bits per heavy atom. The highest BCUT2D eigenvalue weighted by Crippen LogP contribution is 2.33. The Bertz CT molecular complexity index is 915. The fourth-order valence-corrected chi connectivity index (χ4v) is 3.43. The second-order valence-corrected chi connectivity index (χ2v) is 7.16. The Balaban J connectivity index is 1.78. The molecule has 1 aliphatic rings. The number of carbonyl (C=O) groups is 3. The van der Waals surface area contributed by atoms with Gasteiger partial charge in [0.2, 0.25) is 5.91 Å². The summed E-state index contributed by atoms with van der Waals surface area (Å²) in [6, 6.07) is 4.92. The van der Waals surface area contributed by atoms with Crippen molar-refractivity contribution < 1.29 is 14.4 Å². The molecular weight excluding hydrogens is 372 g/mol. The van der Waals surface area contributed by atoms with Gasteiger partial charge in [0, 0.05) is 26.0 Å². The molecule has 1 aliphatic heterocycles. The average Bonchev–Trinajstić information content (AvgIpc) is 2.73. The summed E-state index contributed by atoms with van der Waals surface area (Å²) in [6.07, 6.45) is 6.08. The molecule has 2 aromatic heterocycles. The van der Waals surface area contributed by atoms with Crippen LogP contribution in [0.3, 0.4) is 0 Å². The van der Waals surface area contributed by atoms with Crippen molar-refractivity contribution in [3.63, 3.8) is 0 Å². The van der Waals surface area contributed by atoms with Crippen LogP contribution in [0.15, 0.2) is 36.8 Å². The molecule has 3 heterocycles. The summed E-state index contributed by atoms with van der Waals surface area (Å²) < 4.78 is 0. The number of aromatic nitrogens is 2. The molecule has 2 atom stereocenters. The highest BCUT2D eigenvalue weighted by Gasteiger charge is 2.34. The lowest BCUT2D eigenvalue weighted by molar-refractivity contribution is -0.146. The van der Waals surface area contributed by atoms with Crippen LogP contribution in [0.5, 0.6) is 0 Å². The van der Waals surface area contributed by atoms with Gasteiger partial charge in [-0.05, 0) is 36.5 Å². The molecule has 0 aromatic carbocycles. The third-order valence-corrected chi connectivity index (χ3v) is 4.98. The molecule has 0 spiro atoms. The molecule has 1 fully saturated rings. The summed E-state index contributed by atoms with van der Waals surface area (Å²) in [5.74, 6) is -1.07. The van der Waals surface area contributed by atoms with Crippen LogP contribution in [0.1, 0.15) is 41.7 Å². The first kappa shape index (κ1) is 20.2. The summed E-state index contributed by atoms with van der Waals surface area (Å²) in [5.41, 5.74) is 6.50. The van der Waals surface area contributed by atoms with E-state index in [1.807, 2.05) is 12.1 Å². The van der Waals surface area contributed by atoms with Crippen molar-refractivity contribution in [2.45, 2.75) is 25.8 Å². The lowest BCUT2D eigenvalue weighted by atomic mass is 9.90. The Hall–Kier alpha value is -3.49. The molecule has 0 bridgehead atoms.